The quantitative estimate of drug-likeness (QED) is 0.276. The molecule has 3 aromatic carbocycles. The second-order valence-corrected chi connectivity index (χ2v) is 12.9. The first-order chi connectivity index (χ1) is 20.6. The molecular formula is C33H38FN3O5S. The lowest BCUT2D eigenvalue weighted by atomic mass is 10.00. The van der Waals surface area contributed by atoms with E-state index in [0.717, 1.165) is 27.6 Å². The zero-order valence-corrected chi connectivity index (χ0v) is 25.8. The van der Waals surface area contributed by atoms with Gasteiger partial charge in [-0.25, -0.2) is 21.6 Å². The minimum atomic E-state index is -3.85. The Balaban J connectivity index is 1.58. The normalized spacial score (nSPS) is 18.5. The number of rotatable bonds is 7. The first-order valence-corrected chi connectivity index (χ1v) is 15.8. The van der Waals surface area contributed by atoms with E-state index in [0.29, 0.717) is 49.3 Å². The number of halogens is 1. The van der Waals surface area contributed by atoms with Crippen LogP contribution in [0.2, 0.25) is 0 Å². The number of esters is 1. The van der Waals surface area contributed by atoms with E-state index in [-0.39, 0.29) is 17.5 Å². The molecule has 5 rings (SSSR count). The number of aryl methyl sites for hydroxylation is 2. The van der Waals surface area contributed by atoms with Crippen LogP contribution in [0.25, 0.3) is 10.9 Å². The van der Waals surface area contributed by atoms with E-state index in [4.69, 9.17) is 9.47 Å². The molecule has 1 fully saturated rings. The lowest BCUT2D eigenvalue weighted by molar-refractivity contribution is 0.0600. The summed E-state index contributed by atoms with van der Waals surface area (Å²) >= 11 is 0. The van der Waals surface area contributed by atoms with Crippen LogP contribution in [0.3, 0.4) is 0 Å². The van der Waals surface area contributed by atoms with Crippen LogP contribution in [0.15, 0.2) is 71.8 Å². The molecule has 0 amide bonds. The van der Waals surface area contributed by atoms with Crippen molar-refractivity contribution in [3.63, 3.8) is 0 Å². The molecule has 4 aromatic rings. The van der Waals surface area contributed by atoms with Crippen LogP contribution in [-0.2, 0) is 21.3 Å². The number of nitrogens with one attached hydrogen (secondary N) is 1. The van der Waals surface area contributed by atoms with Crippen molar-refractivity contribution in [1.82, 2.24) is 14.2 Å². The maximum Gasteiger partial charge on any atom is 0.337 e. The fourth-order valence-electron chi connectivity index (χ4n) is 5.86. The number of alkyl halides is 1. The summed E-state index contributed by atoms with van der Waals surface area (Å²) < 4.78 is 54.1. The molecule has 1 aliphatic rings. The van der Waals surface area contributed by atoms with Crippen molar-refractivity contribution in [3.05, 3.63) is 94.7 Å². The Kier molecular flexibility index (Phi) is 9.19. The third kappa shape index (κ3) is 6.32. The van der Waals surface area contributed by atoms with Crippen molar-refractivity contribution in [2.75, 3.05) is 33.9 Å². The molecule has 2 heterocycles. The summed E-state index contributed by atoms with van der Waals surface area (Å²) in [7, 11) is -0.885. The lowest BCUT2D eigenvalue weighted by Crippen LogP contribution is -2.36. The standard InChI is InChI=1S/C33H38FN3O5S/c1-22-7-13-27(14-8-22)43(39,40)37-17-15-28-29(31(41-3)18-23(2)32(28)37)21-36-16-5-6-26(34)19-35-20-30(36)24-9-11-25(12-10-24)33(38)42-4/h7-15,17-18,26,30,35H,5-6,16,19-21H2,1-4H3/t26-,30?/m0/s1. The summed E-state index contributed by atoms with van der Waals surface area (Å²) in [5.41, 5.74) is 4.63. The van der Waals surface area contributed by atoms with Crippen LogP contribution >= 0.6 is 0 Å². The fraction of sp³-hybridized carbons (Fsp3) is 0.364. The van der Waals surface area contributed by atoms with Crippen molar-refractivity contribution < 1.29 is 27.1 Å². The van der Waals surface area contributed by atoms with Crippen LogP contribution in [-0.4, -0.2) is 63.3 Å². The molecule has 1 aromatic heterocycles. The average molecular weight is 608 g/mol. The van der Waals surface area contributed by atoms with Gasteiger partial charge in [0.25, 0.3) is 10.0 Å². The van der Waals surface area contributed by atoms with Crippen molar-refractivity contribution in [2.24, 2.45) is 0 Å². The Bertz CT molecular complexity index is 1700. The molecule has 0 bridgehead atoms. The van der Waals surface area contributed by atoms with Crippen molar-refractivity contribution in [1.29, 1.82) is 0 Å². The van der Waals surface area contributed by atoms with Gasteiger partial charge >= 0.3 is 5.97 Å². The Morgan fingerprint density at radius 1 is 1.02 bits per heavy atom. The summed E-state index contributed by atoms with van der Waals surface area (Å²) in [4.78, 5) is 14.5. The maximum atomic E-state index is 14.5. The first-order valence-electron chi connectivity index (χ1n) is 14.4. The molecule has 1 aliphatic heterocycles. The summed E-state index contributed by atoms with van der Waals surface area (Å²) in [6.07, 6.45) is 1.75. The second-order valence-electron chi connectivity index (χ2n) is 11.1. The molecule has 0 saturated carbocycles. The minimum Gasteiger partial charge on any atom is -0.496 e. The molecule has 1 saturated heterocycles. The van der Waals surface area contributed by atoms with Crippen molar-refractivity contribution in [2.45, 2.75) is 50.3 Å². The predicted molar refractivity (Wildman–Crippen MR) is 165 cm³/mol. The Morgan fingerprint density at radius 2 is 1.74 bits per heavy atom. The third-order valence-electron chi connectivity index (χ3n) is 8.18. The number of benzene rings is 3. The zero-order valence-electron chi connectivity index (χ0n) is 25.0. The topological polar surface area (TPSA) is 89.9 Å². The monoisotopic (exact) mass is 607 g/mol. The molecule has 1 unspecified atom stereocenters. The van der Waals surface area contributed by atoms with E-state index in [1.807, 2.05) is 38.1 Å². The molecule has 10 heteroatoms. The smallest absolute Gasteiger partial charge is 0.337 e. The van der Waals surface area contributed by atoms with Gasteiger partial charge in [0, 0.05) is 42.8 Å². The van der Waals surface area contributed by atoms with E-state index >= 15 is 0 Å². The molecule has 0 spiro atoms. The molecule has 228 valence electrons. The Morgan fingerprint density at radius 3 is 2.42 bits per heavy atom. The van der Waals surface area contributed by atoms with Gasteiger partial charge in [0.15, 0.2) is 0 Å². The number of fused-ring (bicyclic) bond motifs is 1. The second kappa shape index (κ2) is 12.9. The minimum absolute atomic E-state index is 0.142. The van der Waals surface area contributed by atoms with Gasteiger partial charge in [-0.2, -0.15) is 0 Å². The Hall–Kier alpha value is -3.73. The highest BCUT2D eigenvalue weighted by Gasteiger charge is 2.28. The van der Waals surface area contributed by atoms with Crippen LogP contribution in [0.1, 0.15) is 51.5 Å². The zero-order chi connectivity index (χ0) is 30.7. The van der Waals surface area contributed by atoms with Gasteiger partial charge in [0.2, 0.25) is 0 Å². The van der Waals surface area contributed by atoms with Gasteiger partial charge in [0.1, 0.15) is 11.9 Å². The number of hydrogen-bond acceptors (Lipinski definition) is 7. The number of carbonyl (C=O) groups is 1. The summed E-state index contributed by atoms with van der Waals surface area (Å²) in [6.45, 7) is 5.62. The number of carbonyl (C=O) groups excluding carboxylic acids is 1. The van der Waals surface area contributed by atoms with Crippen LogP contribution in [0, 0.1) is 13.8 Å². The van der Waals surface area contributed by atoms with Gasteiger partial charge in [0.05, 0.1) is 30.2 Å². The molecule has 0 radical (unpaired) electrons. The average Bonchev–Trinajstić information content (AvgIpc) is 3.49. The molecule has 1 N–H and O–H groups in total. The molecule has 0 aliphatic carbocycles. The van der Waals surface area contributed by atoms with Crippen LogP contribution in [0.4, 0.5) is 4.39 Å². The molecule has 2 atom stereocenters. The van der Waals surface area contributed by atoms with Crippen molar-refractivity contribution in [3.8, 4) is 5.75 Å². The largest absolute Gasteiger partial charge is 0.496 e. The van der Waals surface area contributed by atoms with E-state index < -0.39 is 22.2 Å². The van der Waals surface area contributed by atoms with Crippen LogP contribution in [0.5, 0.6) is 5.75 Å². The number of ether oxygens (including phenoxy) is 2. The van der Waals surface area contributed by atoms with E-state index in [2.05, 4.69) is 10.2 Å². The van der Waals surface area contributed by atoms with Crippen molar-refractivity contribution >= 4 is 26.9 Å². The summed E-state index contributed by atoms with van der Waals surface area (Å²) in [5.74, 6) is 0.250. The van der Waals surface area contributed by atoms with Gasteiger partial charge in [-0.3, -0.25) is 4.90 Å². The highest BCUT2D eigenvalue weighted by atomic mass is 32.2. The summed E-state index contributed by atoms with van der Waals surface area (Å²) in [6, 6.07) is 17.7. The molecule has 43 heavy (non-hydrogen) atoms. The van der Waals surface area contributed by atoms with Gasteiger partial charge in [-0.1, -0.05) is 29.8 Å². The molecular weight excluding hydrogens is 569 g/mol. The summed E-state index contributed by atoms with van der Waals surface area (Å²) in [5, 5.41) is 4.07. The van der Waals surface area contributed by atoms with Crippen LogP contribution < -0.4 is 10.1 Å². The first kappa shape index (κ1) is 30.7. The SMILES string of the molecule is COC(=O)c1ccc(C2CNC[C@@H](F)CCCN2Cc2c(OC)cc(C)c3c2ccn3S(=O)(=O)c2ccc(C)cc2)cc1. The highest BCUT2D eigenvalue weighted by Crippen LogP contribution is 2.36. The number of methoxy groups -OCH3 is 2. The third-order valence-corrected chi connectivity index (χ3v) is 9.87. The van der Waals surface area contributed by atoms with E-state index in [1.54, 1.807) is 49.7 Å². The number of nitrogens with zero attached hydrogens (tertiary/aromatic N) is 2. The van der Waals surface area contributed by atoms with Gasteiger partial charge in [-0.05, 0) is 80.8 Å². The fourth-order valence-corrected chi connectivity index (χ4v) is 7.27. The van der Waals surface area contributed by atoms with Gasteiger partial charge < -0.3 is 14.8 Å². The predicted octanol–water partition coefficient (Wildman–Crippen LogP) is 5.56. The Labute approximate surface area is 252 Å². The van der Waals surface area contributed by atoms with E-state index in [1.165, 1.54) is 11.1 Å². The maximum absolute atomic E-state index is 14.5. The van der Waals surface area contributed by atoms with Gasteiger partial charge in [-0.15, -0.1) is 0 Å². The number of hydrogen-bond donors (Lipinski definition) is 1. The molecule has 8 nitrogen and oxygen atoms in total. The highest BCUT2D eigenvalue weighted by molar-refractivity contribution is 7.90. The van der Waals surface area contributed by atoms with E-state index in [9.17, 15) is 17.6 Å². The number of aromatic nitrogens is 1. The lowest BCUT2D eigenvalue weighted by Gasteiger charge is -2.33.